The van der Waals surface area contributed by atoms with Crippen molar-refractivity contribution in [2.24, 2.45) is 0 Å². The van der Waals surface area contributed by atoms with Gasteiger partial charge in [-0.05, 0) is 43.3 Å². The van der Waals surface area contributed by atoms with Gasteiger partial charge in [0.05, 0.1) is 5.69 Å². The molecule has 1 aromatic heterocycles. The van der Waals surface area contributed by atoms with E-state index in [2.05, 4.69) is 15.3 Å². The van der Waals surface area contributed by atoms with Crippen LogP contribution in [-0.2, 0) is 6.54 Å². The van der Waals surface area contributed by atoms with Gasteiger partial charge in [-0.15, -0.1) is 0 Å². The Morgan fingerprint density at radius 3 is 2.83 bits per heavy atom. The highest BCUT2D eigenvalue weighted by Crippen LogP contribution is 2.18. The third-order valence-electron chi connectivity index (χ3n) is 2.57. The normalized spacial score (nSPS) is 10.6. The molecule has 4 heteroatoms. The van der Waals surface area contributed by atoms with Crippen molar-refractivity contribution in [2.75, 3.05) is 6.54 Å². The zero-order chi connectivity index (χ0) is 13.0. The number of rotatable bonds is 4. The molecular weight excluding hydrogens is 229 g/mol. The van der Waals surface area contributed by atoms with Crippen LogP contribution in [0, 0.1) is 12.7 Å². The Bertz CT molecular complexity index is 520. The molecule has 0 saturated carbocycles. The predicted molar refractivity (Wildman–Crippen MR) is 69.5 cm³/mol. The van der Waals surface area contributed by atoms with E-state index in [0.29, 0.717) is 17.9 Å². The summed E-state index contributed by atoms with van der Waals surface area (Å²) >= 11 is 0. The number of hydrogen-bond acceptors (Lipinski definition) is 3. The maximum atomic E-state index is 13.3. The standard InChI is InChI=1S/C14H16FN3/c1-3-16-9-13-4-5-17-14(18-13)11-6-10(2)7-12(15)8-11/h4-8,16H,3,9H2,1-2H3. The number of aryl methyl sites for hydroxylation is 1. The zero-order valence-electron chi connectivity index (χ0n) is 10.6. The van der Waals surface area contributed by atoms with Crippen LogP contribution in [0.3, 0.4) is 0 Å². The van der Waals surface area contributed by atoms with Gasteiger partial charge in [-0.2, -0.15) is 0 Å². The summed E-state index contributed by atoms with van der Waals surface area (Å²) in [6.07, 6.45) is 1.70. The fourth-order valence-electron chi connectivity index (χ4n) is 1.75. The fourth-order valence-corrected chi connectivity index (χ4v) is 1.75. The Kier molecular flexibility index (Phi) is 3.99. The second-order valence-electron chi connectivity index (χ2n) is 4.17. The second-order valence-corrected chi connectivity index (χ2v) is 4.17. The fraction of sp³-hybridized carbons (Fsp3) is 0.286. The molecule has 0 fully saturated rings. The van der Waals surface area contributed by atoms with Crippen molar-refractivity contribution >= 4 is 0 Å². The van der Waals surface area contributed by atoms with Crippen molar-refractivity contribution in [1.82, 2.24) is 15.3 Å². The summed E-state index contributed by atoms with van der Waals surface area (Å²) in [5, 5.41) is 3.20. The quantitative estimate of drug-likeness (QED) is 0.900. The summed E-state index contributed by atoms with van der Waals surface area (Å²) in [5.74, 6) is 0.304. The Morgan fingerprint density at radius 1 is 1.28 bits per heavy atom. The van der Waals surface area contributed by atoms with Crippen molar-refractivity contribution in [1.29, 1.82) is 0 Å². The number of halogens is 1. The Hall–Kier alpha value is -1.81. The SMILES string of the molecule is CCNCc1ccnc(-c2cc(C)cc(F)c2)n1. The van der Waals surface area contributed by atoms with E-state index in [0.717, 1.165) is 17.8 Å². The first-order chi connectivity index (χ1) is 8.69. The molecular formula is C14H16FN3. The smallest absolute Gasteiger partial charge is 0.159 e. The van der Waals surface area contributed by atoms with Gasteiger partial charge in [0.2, 0.25) is 0 Å². The maximum absolute atomic E-state index is 13.3. The van der Waals surface area contributed by atoms with Crippen molar-refractivity contribution in [3.63, 3.8) is 0 Å². The molecule has 1 N–H and O–H groups in total. The Balaban J connectivity index is 2.32. The van der Waals surface area contributed by atoms with Crippen LogP contribution in [0.25, 0.3) is 11.4 Å². The Labute approximate surface area is 106 Å². The third kappa shape index (κ3) is 3.11. The highest BCUT2D eigenvalue weighted by atomic mass is 19.1. The molecule has 1 heterocycles. The van der Waals surface area contributed by atoms with Crippen LogP contribution in [0.1, 0.15) is 18.2 Å². The van der Waals surface area contributed by atoms with Crippen LogP contribution >= 0.6 is 0 Å². The summed E-state index contributed by atoms with van der Waals surface area (Å²) in [6.45, 7) is 5.48. The van der Waals surface area contributed by atoms with Crippen LogP contribution in [0.15, 0.2) is 30.5 Å². The molecule has 0 bridgehead atoms. The van der Waals surface area contributed by atoms with Gasteiger partial charge in [0, 0.05) is 18.3 Å². The lowest BCUT2D eigenvalue weighted by atomic mass is 10.1. The molecule has 0 unspecified atom stereocenters. The largest absolute Gasteiger partial charge is 0.311 e. The summed E-state index contributed by atoms with van der Waals surface area (Å²) in [4.78, 5) is 8.62. The van der Waals surface area contributed by atoms with Gasteiger partial charge in [-0.3, -0.25) is 0 Å². The van der Waals surface area contributed by atoms with Gasteiger partial charge in [-0.25, -0.2) is 14.4 Å². The van der Waals surface area contributed by atoms with E-state index < -0.39 is 0 Å². The van der Waals surface area contributed by atoms with Gasteiger partial charge < -0.3 is 5.32 Å². The van der Waals surface area contributed by atoms with Crippen molar-refractivity contribution in [3.8, 4) is 11.4 Å². The van der Waals surface area contributed by atoms with Crippen LogP contribution in [0.5, 0.6) is 0 Å². The summed E-state index contributed by atoms with van der Waals surface area (Å²) in [6, 6.07) is 6.69. The van der Waals surface area contributed by atoms with Crippen molar-refractivity contribution in [3.05, 3.63) is 47.5 Å². The van der Waals surface area contributed by atoms with Gasteiger partial charge in [-0.1, -0.05) is 6.92 Å². The summed E-state index contributed by atoms with van der Waals surface area (Å²) in [7, 11) is 0. The molecule has 0 radical (unpaired) electrons. The number of benzene rings is 1. The van der Waals surface area contributed by atoms with E-state index in [-0.39, 0.29) is 5.82 Å². The van der Waals surface area contributed by atoms with Crippen molar-refractivity contribution < 1.29 is 4.39 Å². The van der Waals surface area contributed by atoms with E-state index in [1.54, 1.807) is 6.20 Å². The van der Waals surface area contributed by atoms with Crippen LogP contribution < -0.4 is 5.32 Å². The molecule has 0 amide bonds. The number of nitrogens with one attached hydrogen (secondary N) is 1. The van der Waals surface area contributed by atoms with Crippen molar-refractivity contribution in [2.45, 2.75) is 20.4 Å². The topological polar surface area (TPSA) is 37.8 Å². The van der Waals surface area contributed by atoms with Gasteiger partial charge in [0.25, 0.3) is 0 Å². The summed E-state index contributed by atoms with van der Waals surface area (Å²) in [5.41, 5.74) is 2.49. The molecule has 1 aromatic carbocycles. The lowest BCUT2D eigenvalue weighted by Gasteiger charge is -2.05. The van der Waals surface area contributed by atoms with E-state index in [4.69, 9.17) is 0 Å². The number of nitrogens with zero attached hydrogens (tertiary/aromatic N) is 2. The minimum atomic E-state index is -0.259. The molecule has 18 heavy (non-hydrogen) atoms. The van der Waals surface area contributed by atoms with Crippen LogP contribution in [0.2, 0.25) is 0 Å². The van der Waals surface area contributed by atoms with Gasteiger partial charge in [0.1, 0.15) is 5.82 Å². The molecule has 0 atom stereocenters. The lowest BCUT2D eigenvalue weighted by Crippen LogP contribution is -2.13. The molecule has 0 aliphatic carbocycles. The molecule has 0 spiro atoms. The molecule has 0 aliphatic rings. The van der Waals surface area contributed by atoms with E-state index in [9.17, 15) is 4.39 Å². The molecule has 94 valence electrons. The van der Waals surface area contributed by atoms with Crippen LogP contribution in [-0.4, -0.2) is 16.5 Å². The number of aromatic nitrogens is 2. The minimum Gasteiger partial charge on any atom is -0.311 e. The monoisotopic (exact) mass is 245 g/mol. The van der Waals surface area contributed by atoms with Gasteiger partial charge in [0.15, 0.2) is 5.82 Å². The molecule has 3 nitrogen and oxygen atoms in total. The molecule has 2 aromatic rings. The Morgan fingerprint density at radius 2 is 2.11 bits per heavy atom. The van der Waals surface area contributed by atoms with Gasteiger partial charge >= 0.3 is 0 Å². The lowest BCUT2D eigenvalue weighted by molar-refractivity contribution is 0.627. The van der Waals surface area contributed by atoms with E-state index in [1.807, 2.05) is 26.0 Å². The maximum Gasteiger partial charge on any atom is 0.159 e. The highest BCUT2D eigenvalue weighted by molar-refractivity contribution is 5.56. The van der Waals surface area contributed by atoms with E-state index in [1.165, 1.54) is 12.1 Å². The molecule has 2 rings (SSSR count). The van der Waals surface area contributed by atoms with E-state index >= 15 is 0 Å². The molecule has 0 aliphatic heterocycles. The summed E-state index contributed by atoms with van der Waals surface area (Å²) < 4.78 is 13.3. The third-order valence-corrected chi connectivity index (χ3v) is 2.57. The first-order valence-electron chi connectivity index (χ1n) is 5.99. The first-order valence-corrected chi connectivity index (χ1v) is 5.99. The zero-order valence-corrected chi connectivity index (χ0v) is 10.6. The number of hydrogen-bond donors (Lipinski definition) is 1. The predicted octanol–water partition coefficient (Wildman–Crippen LogP) is 2.70. The highest BCUT2D eigenvalue weighted by Gasteiger charge is 2.05. The van der Waals surface area contributed by atoms with Crippen LogP contribution in [0.4, 0.5) is 4.39 Å². The molecule has 0 saturated heterocycles. The second kappa shape index (κ2) is 5.69. The minimum absolute atomic E-state index is 0.259. The first kappa shape index (κ1) is 12.6. The average molecular weight is 245 g/mol. The average Bonchev–Trinajstić information content (AvgIpc) is 2.35.